The summed E-state index contributed by atoms with van der Waals surface area (Å²) in [4.78, 5) is 6.76. The summed E-state index contributed by atoms with van der Waals surface area (Å²) in [7, 11) is 1.84. The molecule has 168 valence electrons. The number of guanidine groups is 1. The zero-order valence-corrected chi connectivity index (χ0v) is 18.9. The number of piperidine rings is 1. The summed E-state index contributed by atoms with van der Waals surface area (Å²) in [6.07, 6.45) is 6.30. The van der Waals surface area contributed by atoms with Crippen LogP contribution in [0.3, 0.4) is 0 Å². The number of nitrogens with zero attached hydrogens (tertiary/aromatic N) is 2. The van der Waals surface area contributed by atoms with Crippen LogP contribution in [-0.4, -0.2) is 69.6 Å². The van der Waals surface area contributed by atoms with Crippen LogP contribution in [0.25, 0.3) is 0 Å². The van der Waals surface area contributed by atoms with E-state index in [1.807, 2.05) is 19.2 Å². The van der Waals surface area contributed by atoms with Crippen LogP contribution in [0.1, 0.15) is 57.4 Å². The Morgan fingerprint density at radius 3 is 2.57 bits per heavy atom. The van der Waals surface area contributed by atoms with Crippen LogP contribution in [0.2, 0.25) is 0 Å². The van der Waals surface area contributed by atoms with Gasteiger partial charge in [-0.15, -0.1) is 0 Å². The van der Waals surface area contributed by atoms with E-state index in [9.17, 15) is 0 Å². The Morgan fingerprint density at radius 2 is 1.93 bits per heavy atom. The molecule has 1 aromatic carbocycles. The van der Waals surface area contributed by atoms with Crippen molar-refractivity contribution in [2.24, 2.45) is 4.99 Å². The van der Waals surface area contributed by atoms with Crippen LogP contribution < -0.4 is 10.1 Å². The number of aliphatic imine (C=N–C) groups is 1. The van der Waals surface area contributed by atoms with Gasteiger partial charge in [0.1, 0.15) is 12.4 Å². The highest BCUT2D eigenvalue weighted by Gasteiger charge is 2.23. The molecule has 1 atom stereocenters. The summed E-state index contributed by atoms with van der Waals surface area (Å²) >= 11 is 0. The number of ether oxygens (including phenoxy) is 3. The van der Waals surface area contributed by atoms with Crippen LogP contribution in [0.4, 0.5) is 0 Å². The SMILES string of the molecule is CN=C(NCCOc1ccc(C(C)C)cc1)N1CCC(OCC2CCCCO2)CC1. The molecule has 2 aliphatic heterocycles. The lowest BCUT2D eigenvalue weighted by Crippen LogP contribution is -2.48. The molecular weight excluding hydrogens is 378 g/mol. The maximum atomic E-state index is 6.12. The normalized spacial score (nSPS) is 21.1. The van der Waals surface area contributed by atoms with E-state index in [0.29, 0.717) is 24.7 Å². The number of benzene rings is 1. The summed E-state index contributed by atoms with van der Waals surface area (Å²) in [5, 5.41) is 3.43. The van der Waals surface area contributed by atoms with Crippen LogP contribution >= 0.6 is 0 Å². The summed E-state index contributed by atoms with van der Waals surface area (Å²) in [6.45, 7) is 9.31. The predicted molar refractivity (Wildman–Crippen MR) is 122 cm³/mol. The van der Waals surface area contributed by atoms with E-state index < -0.39 is 0 Å². The molecule has 6 nitrogen and oxygen atoms in total. The molecule has 0 saturated carbocycles. The fraction of sp³-hybridized carbons (Fsp3) is 0.708. The topological polar surface area (TPSA) is 55.3 Å². The number of hydrogen-bond donors (Lipinski definition) is 1. The summed E-state index contributed by atoms with van der Waals surface area (Å²) in [6, 6.07) is 8.37. The first-order valence-corrected chi connectivity index (χ1v) is 11.6. The second-order valence-electron chi connectivity index (χ2n) is 8.55. The number of likely N-dealkylation sites (tertiary alicyclic amines) is 1. The molecule has 0 amide bonds. The van der Waals surface area contributed by atoms with E-state index in [1.54, 1.807) is 0 Å². The average molecular weight is 418 g/mol. The van der Waals surface area contributed by atoms with Gasteiger partial charge in [-0.1, -0.05) is 26.0 Å². The molecule has 2 heterocycles. The summed E-state index contributed by atoms with van der Waals surface area (Å²) < 4.78 is 17.8. The zero-order chi connectivity index (χ0) is 21.2. The van der Waals surface area contributed by atoms with E-state index in [0.717, 1.165) is 63.8 Å². The van der Waals surface area contributed by atoms with Crippen molar-refractivity contribution in [1.82, 2.24) is 10.2 Å². The lowest BCUT2D eigenvalue weighted by molar-refractivity contribution is -0.0721. The van der Waals surface area contributed by atoms with Crippen molar-refractivity contribution < 1.29 is 14.2 Å². The van der Waals surface area contributed by atoms with Gasteiger partial charge in [0.2, 0.25) is 0 Å². The van der Waals surface area contributed by atoms with Gasteiger partial charge < -0.3 is 24.4 Å². The van der Waals surface area contributed by atoms with E-state index in [1.165, 1.54) is 18.4 Å². The Labute approximate surface area is 182 Å². The molecule has 0 spiro atoms. The van der Waals surface area contributed by atoms with Gasteiger partial charge in [-0.2, -0.15) is 0 Å². The summed E-state index contributed by atoms with van der Waals surface area (Å²) in [5.41, 5.74) is 1.33. The standard InChI is InChI=1S/C24H39N3O3/c1-19(2)20-7-9-21(10-8-20)29-17-13-26-24(25-3)27-14-11-22(12-15-27)30-18-23-6-4-5-16-28-23/h7-10,19,22-23H,4-6,11-18H2,1-3H3,(H,25,26). The quantitative estimate of drug-likeness (QED) is 0.396. The Morgan fingerprint density at radius 1 is 1.17 bits per heavy atom. The van der Waals surface area contributed by atoms with E-state index in [4.69, 9.17) is 14.2 Å². The molecule has 6 heteroatoms. The largest absolute Gasteiger partial charge is 0.492 e. The molecule has 2 aliphatic rings. The highest BCUT2D eigenvalue weighted by atomic mass is 16.5. The first-order chi connectivity index (χ1) is 14.7. The van der Waals surface area contributed by atoms with Crippen molar-refractivity contribution in [2.75, 3.05) is 46.5 Å². The van der Waals surface area contributed by atoms with Gasteiger partial charge in [0.15, 0.2) is 5.96 Å². The minimum absolute atomic E-state index is 0.299. The van der Waals surface area contributed by atoms with Gasteiger partial charge in [-0.05, 0) is 55.7 Å². The molecular formula is C24H39N3O3. The summed E-state index contributed by atoms with van der Waals surface area (Å²) in [5.74, 6) is 2.40. The van der Waals surface area contributed by atoms with Crippen molar-refractivity contribution in [3.05, 3.63) is 29.8 Å². The smallest absolute Gasteiger partial charge is 0.193 e. The molecule has 30 heavy (non-hydrogen) atoms. The highest BCUT2D eigenvalue weighted by molar-refractivity contribution is 5.79. The molecule has 0 bridgehead atoms. The zero-order valence-electron chi connectivity index (χ0n) is 18.9. The Bertz CT molecular complexity index is 634. The van der Waals surface area contributed by atoms with Crippen molar-refractivity contribution >= 4 is 5.96 Å². The van der Waals surface area contributed by atoms with Crippen molar-refractivity contribution in [1.29, 1.82) is 0 Å². The van der Waals surface area contributed by atoms with Gasteiger partial charge >= 0.3 is 0 Å². The lowest BCUT2D eigenvalue weighted by Gasteiger charge is -2.35. The third-order valence-corrected chi connectivity index (χ3v) is 5.95. The minimum atomic E-state index is 0.299. The molecule has 1 N–H and O–H groups in total. The van der Waals surface area contributed by atoms with Crippen LogP contribution in [0, 0.1) is 0 Å². The van der Waals surface area contributed by atoms with Gasteiger partial charge in [0, 0.05) is 26.7 Å². The maximum Gasteiger partial charge on any atom is 0.193 e. The average Bonchev–Trinajstić information content (AvgIpc) is 2.79. The molecule has 2 fully saturated rings. The fourth-order valence-corrected chi connectivity index (χ4v) is 4.03. The van der Waals surface area contributed by atoms with E-state index in [-0.39, 0.29) is 0 Å². The van der Waals surface area contributed by atoms with Gasteiger partial charge in [-0.25, -0.2) is 0 Å². The second kappa shape index (κ2) is 12.2. The third-order valence-electron chi connectivity index (χ3n) is 5.95. The van der Waals surface area contributed by atoms with E-state index in [2.05, 4.69) is 41.2 Å². The molecule has 0 aromatic heterocycles. The number of rotatable bonds is 8. The van der Waals surface area contributed by atoms with Crippen molar-refractivity contribution in [3.63, 3.8) is 0 Å². The molecule has 0 radical (unpaired) electrons. The first-order valence-electron chi connectivity index (χ1n) is 11.6. The highest BCUT2D eigenvalue weighted by Crippen LogP contribution is 2.19. The Balaban J connectivity index is 1.31. The molecule has 3 rings (SSSR count). The minimum Gasteiger partial charge on any atom is -0.492 e. The Kier molecular flexibility index (Phi) is 9.27. The third kappa shape index (κ3) is 7.17. The predicted octanol–water partition coefficient (Wildman–Crippen LogP) is 3.81. The number of hydrogen-bond acceptors (Lipinski definition) is 4. The van der Waals surface area contributed by atoms with Gasteiger partial charge in [0.25, 0.3) is 0 Å². The molecule has 1 aromatic rings. The van der Waals surface area contributed by atoms with Crippen LogP contribution in [-0.2, 0) is 9.47 Å². The molecule has 2 saturated heterocycles. The molecule has 1 unspecified atom stereocenters. The first kappa shape index (κ1) is 22.9. The van der Waals surface area contributed by atoms with Gasteiger partial charge in [-0.3, -0.25) is 4.99 Å². The monoisotopic (exact) mass is 417 g/mol. The Hall–Kier alpha value is -1.79. The maximum absolute atomic E-state index is 6.12. The van der Waals surface area contributed by atoms with Gasteiger partial charge in [0.05, 0.1) is 25.4 Å². The lowest BCUT2D eigenvalue weighted by atomic mass is 10.0. The fourth-order valence-electron chi connectivity index (χ4n) is 4.03. The number of nitrogens with one attached hydrogen (secondary N) is 1. The van der Waals surface area contributed by atoms with Crippen LogP contribution in [0.15, 0.2) is 29.3 Å². The van der Waals surface area contributed by atoms with Crippen molar-refractivity contribution in [2.45, 2.75) is 64.1 Å². The second-order valence-corrected chi connectivity index (χ2v) is 8.55. The van der Waals surface area contributed by atoms with Crippen LogP contribution in [0.5, 0.6) is 5.75 Å². The molecule has 0 aliphatic carbocycles. The van der Waals surface area contributed by atoms with Crippen molar-refractivity contribution in [3.8, 4) is 5.75 Å². The van der Waals surface area contributed by atoms with E-state index >= 15 is 0 Å².